The summed E-state index contributed by atoms with van der Waals surface area (Å²) in [6.07, 6.45) is 8.22. The zero-order valence-electron chi connectivity index (χ0n) is 17.6. The van der Waals surface area contributed by atoms with Crippen molar-refractivity contribution < 1.29 is 17.9 Å². The van der Waals surface area contributed by atoms with Crippen LogP contribution >= 0.6 is 0 Å². The average Bonchev–Trinajstić information content (AvgIpc) is 2.74. The maximum absolute atomic E-state index is 12.3. The van der Waals surface area contributed by atoms with Gasteiger partial charge in [0.15, 0.2) is 9.84 Å². The van der Waals surface area contributed by atoms with Crippen molar-refractivity contribution in [3.05, 3.63) is 62.9 Å². The van der Waals surface area contributed by atoms with Crippen LogP contribution in [0.25, 0.3) is 0 Å². The van der Waals surface area contributed by atoms with Gasteiger partial charge < -0.3 is 9.47 Å². The van der Waals surface area contributed by atoms with Crippen LogP contribution < -0.4 is 16.0 Å². The molecule has 1 N–H and O–H groups in total. The molecule has 1 aromatic carbocycles. The molecule has 1 aromatic heterocycles. The molecule has 1 fully saturated rings. The molecule has 1 heterocycles. The van der Waals surface area contributed by atoms with Crippen molar-refractivity contribution in [1.29, 1.82) is 0 Å². The number of hydrogen-bond donors (Lipinski definition) is 1. The zero-order valence-corrected chi connectivity index (χ0v) is 18.4. The monoisotopic (exact) mass is 450 g/mol. The Balaban J connectivity index is 1.39. The first-order valence-corrected chi connectivity index (χ1v) is 12.6. The van der Waals surface area contributed by atoms with E-state index in [0.717, 1.165) is 24.2 Å². The lowest BCUT2D eigenvalue weighted by Crippen LogP contribution is -2.29. The second-order valence-electron chi connectivity index (χ2n) is 7.90. The van der Waals surface area contributed by atoms with Crippen molar-refractivity contribution >= 4 is 9.84 Å². The lowest BCUT2D eigenvalue weighted by molar-refractivity contribution is 0.0745. The highest BCUT2D eigenvalue weighted by Gasteiger charge is 2.15. The van der Waals surface area contributed by atoms with Gasteiger partial charge >= 0.3 is 5.69 Å². The molecule has 1 saturated carbocycles. The number of nitrogens with one attached hydrogen (secondary N) is 1. The van der Waals surface area contributed by atoms with Crippen LogP contribution in [0.5, 0.6) is 5.75 Å². The van der Waals surface area contributed by atoms with Gasteiger partial charge in [-0.05, 0) is 56.2 Å². The van der Waals surface area contributed by atoms with Crippen molar-refractivity contribution in [2.75, 3.05) is 18.1 Å². The van der Waals surface area contributed by atoms with Gasteiger partial charge in [0.05, 0.1) is 17.6 Å². The maximum Gasteiger partial charge on any atom is 0.330 e. The van der Waals surface area contributed by atoms with Crippen LogP contribution in [0.2, 0.25) is 0 Å². The molecule has 31 heavy (non-hydrogen) atoms. The van der Waals surface area contributed by atoms with Crippen LogP contribution in [0.3, 0.4) is 0 Å². The maximum atomic E-state index is 12.3. The van der Waals surface area contributed by atoms with Crippen LogP contribution in [0.4, 0.5) is 0 Å². The Bertz CT molecular complexity index is 1050. The number of hydrogen-bond acceptors (Lipinski definition) is 6. The first-order chi connectivity index (χ1) is 14.9. The topological polar surface area (TPSA) is 107 Å². The molecule has 0 atom stereocenters. The van der Waals surface area contributed by atoms with Crippen molar-refractivity contribution in [2.24, 2.45) is 0 Å². The van der Waals surface area contributed by atoms with Gasteiger partial charge in [-0.2, -0.15) is 0 Å². The molecule has 9 heteroatoms. The fourth-order valence-corrected chi connectivity index (χ4v) is 4.92. The van der Waals surface area contributed by atoms with Crippen LogP contribution in [-0.2, 0) is 27.7 Å². The number of H-pyrrole nitrogens is 1. The highest BCUT2D eigenvalue weighted by molar-refractivity contribution is 7.91. The van der Waals surface area contributed by atoms with E-state index in [9.17, 15) is 18.0 Å². The molecule has 170 valence electrons. The quantitative estimate of drug-likeness (QED) is 0.526. The van der Waals surface area contributed by atoms with E-state index in [2.05, 4.69) is 4.98 Å². The van der Waals surface area contributed by atoms with Gasteiger partial charge in [-0.15, -0.1) is 0 Å². The number of aryl methyl sites for hydroxylation is 1. The van der Waals surface area contributed by atoms with E-state index in [1.165, 1.54) is 36.1 Å². The Kier molecular flexibility index (Phi) is 8.48. The molecule has 0 radical (unpaired) electrons. The third-order valence-electron chi connectivity index (χ3n) is 5.33. The Morgan fingerprint density at radius 3 is 2.65 bits per heavy atom. The number of benzene rings is 1. The third kappa shape index (κ3) is 7.99. The van der Waals surface area contributed by atoms with Gasteiger partial charge in [0, 0.05) is 18.9 Å². The van der Waals surface area contributed by atoms with Crippen molar-refractivity contribution in [1.82, 2.24) is 9.55 Å². The van der Waals surface area contributed by atoms with Crippen LogP contribution in [0.15, 0.2) is 46.1 Å². The molecular formula is C22H30N2O6S. The Labute approximate surface area is 182 Å². The predicted octanol–water partition coefficient (Wildman–Crippen LogP) is 2.27. The summed E-state index contributed by atoms with van der Waals surface area (Å²) < 4.78 is 37.3. The van der Waals surface area contributed by atoms with Crippen LogP contribution in [0.1, 0.15) is 44.1 Å². The second kappa shape index (κ2) is 11.3. The standard InChI is InChI=1S/C22H30N2O6S/c25-21-10-12-24(22(26)23-21)17-29-13-5-14-31(27,28)15-11-18-6-4-9-20(16-18)30-19-7-2-1-3-8-19/h4,6,9-10,12,16,19H,1-3,5,7-8,11,13-15,17H2,(H,23,25,26). The van der Waals surface area contributed by atoms with Crippen molar-refractivity contribution in [2.45, 2.75) is 57.8 Å². The van der Waals surface area contributed by atoms with Gasteiger partial charge in [-0.1, -0.05) is 18.6 Å². The van der Waals surface area contributed by atoms with E-state index in [1.54, 1.807) is 0 Å². The molecule has 2 aromatic rings. The summed E-state index contributed by atoms with van der Waals surface area (Å²) in [5, 5.41) is 0. The highest BCUT2D eigenvalue weighted by atomic mass is 32.2. The zero-order chi connectivity index (χ0) is 22.1. The molecule has 3 rings (SSSR count). The van der Waals surface area contributed by atoms with E-state index in [-0.39, 0.29) is 30.9 Å². The Hall–Kier alpha value is -2.39. The number of aromatic amines is 1. The highest BCUT2D eigenvalue weighted by Crippen LogP contribution is 2.24. The molecule has 0 amide bonds. The van der Waals surface area contributed by atoms with Crippen LogP contribution in [0, 0.1) is 0 Å². The summed E-state index contributed by atoms with van der Waals surface area (Å²) in [4.78, 5) is 24.7. The average molecular weight is 451 g/mol. The minimum absolute atomic E-state index is 0.0196. The summed E-state index contributed by atoms with van der Waals surface area (Å²) >= 11 is 0. The number of ether oxygens (including phenoxy) is 2. The molecule has 0 aliphatic heterocycles. The lowest BCUT2D eigenvalue weighted by atomic mass is 9.98. The summed E-state index contributed by atoms with van der Waals surface area (Å²) in [6, 6.07) is 8.93. The molecule has 8 nitrogen and oxygen atoms in total. The lowest BCUT2D eigenvalue weighted by Gasteiger charge is -2.23. The van der Waals surface area contributed by atoms with Gasteiger partial charge in [-0.25, -0.2) is 13.2 Å². The number of rotatable bonds is 11. The van der Waals surface area contributed by atoms with E-state index < -0.39 is 21.1 Å². The van der Waals surface area contributed by atoms with Gasteiger partial charge in [0.25, 0.3) is 5.56 Å². The van der Waals surface area contributed by atoms with Gasteiger partial charge in [-0.3, -0.25) is 14.3 Å². The van der Waals surface area contributed by atoms with Gasteiger partial charge in [0.1, 0.15) is 12.5 Å². The number of aromatic nitrogens is 2. The summed E-state index contributed by atoms with van der Waals surface area (Å²) in [5.74, 6) is 0.901. The SMILES string of the molecule is O=c1ccn(COCCCS(=O)(=O)CCc2cccc(OC3CCCCC3)c2)c(=O)[nH]1. The predicted molar refractivity (Wildman–Crippen MR) is 118 cm³/mol. The Morgan fingerprint density at radius 2 is 1.87 bits per heavy atom. The fourth-order valence-electron chi connectivity index (χ4n) is 3.61. The normalized spacial score (nSPS) is 15.1. The van der Waals surface area contributed by atoms with E-state index >= 15 is 0 Å². The fraction of sp³-hybridized carbons (Fsp3) is 0.545. The van der Waals surface area contributed by atoms with Crippen LogP contribution in [-0.4, -0.2) is 42.2 Å². The number of nitrogens with zero attached hydrogens (tertiary/aromatic N) is 1. The molecule has 0 bridgehead atoms. The molecular weight excluding hydrogens is 420 g/mol. The third-order valence-corrected chi connectivity index (χ3v) is 7.06. The van der Waals surface area contributed by atoms with E-state index in [0.29, 0.717) is 12.8 Å². The minimum atomic E-state index is -3.22. The summed E-state index contributed by atoms with van der Waals surface area (Å²) in [5.41, 5.74) is -0.0844. The first kappa shape index (κ1) is 23.3. The van der Waals surface area contributed by atoms with E-state index in [4.69, 9.17) is 9.47 Å². The van der Waals surface area contributed by atoms with Crippen molar-refractivity contribution in [3.63, 3.8) is 0 Å². The van der Waals surface area contributed by atoms with E-state index in [1.807, 2.05) is 24.3 Å². The summed E-state index contributed by atoms with van der Waals surface area (Å²) in [6.45, 7) is 0.166. The van der Waals surface area contributed by atoms with Gasteiger partial charge in [0.2, 0.25) is 0 Å². The first-order valence-electron chi connectivity index (χ1n) is 10.7. The molecule has 1 aliphatic rings. The van der Waals surface area contributed by atoms with Crippen molar-refractivity contribution in [3.8, 4) is 5.75 Å². The second-order valence-corrected chi connectivity index (χ2v) is 10.2. The number of sulfone groups is 1. The smallest absolute Gasteiger partial charge is 0.330 e. The largest absolute Gasteiger partial charge is 0.490 e. The molecule has 0 spiro atoms. The molecule has 0 saturated heterocycles. The minimum Gasteiger partial charge on any atom is -0.490 e. The molecule has 0 unspecified atom stereocenters. The Morgan fingerprint density at radius 1 is 1.06 bits per heavy atom. The molecule has 1 aliphatic carbocycles. The summed E-state index contributed by atoms with van der Waals surface area (Å²) in [7, 11) is -3.22.